The van der Waals surface area contributed by atoms with E-state index in [2.05, 4.69) is 4.98 Å². The van der Waals surface area contributed by atoms with Crippen LogP contribution >= 0.6 is 0 Å². The van der Waals surface area contributed by atoms with E-state index in [1.165, 1.54) is 6.20 Å². The quantitative estimate of drug-likeness (QED) is 0.611. The van der Waals surface area contributed by atoms with Crippen molar-refractivity contribution in [2.75, 3.05) is 0 Å². The number of nitrogens with one attached hydrogen (secondary N) is 1. The molecule has 1 heterocycles. The van der Waals surface area contributed by atoms with Gasteiger partial charge >= 0.3 is 5.97 Å². The molecule has 66 valence electrons. The van der Waals surface area contributed by atoms with Gasteiger partial charge in [0.2, 0.25) is 0 Å². The number of aryl methyl sites for hydroxylation is 1. The van der Waals surface area contributed by atoms with Crippen molar-refractivity contribution in [3.8, 4) is 0 Å². The Morgan fingerprint density at radius 1 is 1.58 bits per heavy atom. The van der Waals surface area contributed by atoms with Crippen LogP contribution in [0, 0.1) is 13.8 Å². The fraction of sp³-hybridized carbons (Fsp3) is 0.375. The summed E-state index contributed by atoms with van der Waals surface area (Å²) in [6.07, 6.45) is 0.0960. The number of rotatable bonds is 2. The first-order chi connectivity index (χ1) is 5.54. The van der Waals surface area contributed by atoms with Crippen molar-refractivity contribution >= 4 is 5.97 Å². The molecule has 4 nitrogen and oxygen atoms in total. The van der Waals surface area contributed by atoms with Crippen LogP contribution in [0.4, 0.5) is 0 Å². The Hall–Kier alpha value is -1.29. The molecule has 0 bridgehead atoms. The van der Waals surface area contributed by atoms with Gasteiger partial charge in [-0.15, -0.1) is 0 Å². The number of aliphatic carboxylic acids is 1. The minimum Gasteiger partial charge on any atom is -0.479 e. The van der Waals surface area contributed by atoms with Crippen LogP contribution in [0.3, 0.4) is 0 Å². The Labute approximate surface area is 69.9 Å². The first-order valence-corrected chi connectivity index (χ1v) is 3.59. The van der Waals surface area contributed by atoms with Gasteiger partial charge in [0, 0.05) is 17.5 Å². The highest BCUT2D eigenvalue weighted by Crippen LogP contribution is 2.19. The largest absolute Gasteiger partial charge is 0.479 e. The van der Waals surface area contributed by atoms with Gasteiger partial charge in [0.1, 0.15) is 0 Å². The molecule has 0 radical (unpaired) electrons. The molecule has 4 heteroatoms. The highest BCUT2D eigenvalue weighted by atomic mass is 16.4. The fourth-order valence-corrected chi connectivity index (χ4v) is 1.04. The van der Waals surface area contributed by atoms with Crippen LogP contribution in [0.15, 0.2) is 6.20 Å². The molecule has 0 aliphatic heterocycles. The summed E-state index contributed by atoms with van der Waals surface area (Å²) in [5.41, 5.74) is 2.11. The topological polar surface area (TPSA) is 73.3 Å². The first kappa shape index (κ1) is 8.80. The summed E-state index contributed by atoms with van der Waals surface area (Å²) in [6, 6.07) is 0. The number of H-pyrrole nitrogens is 1. The number of hydrogen-bond donors (Lipinski definition) is 3. The van der Waals surface area contributed by atoms with Gasteiger partial charge in [-0.2, -0.15) is 0 Å². The fourth-order valence-electron chi connectivity index (χ4n) is 1.04. The third-order valence-electron chi connectivity index (χ3n) is 1.97. The smallest absolute Gasteiger partial charge is 0.337 e. The van der Waals surface area contributed by atoms with Gasteiger partial charge in [-0.3, -0.25) is 0 Å². The SMILES string of the molecule is Cc1[nH]cc(C(O)C(=O)O)c1C. The molecular weight excluding hydrogens is 158 g/mol. The Kier molecular flexibility index (Phi) is 2.19. The van der Waals surface area contributed by atoms with E-state index in [4.69, 9.17) is 5.11 Å². The zero-order valence-electron chi connectivity index (χ0n) is 6.96. The van der Waals surface area contributed by atoms with E-state index >= 15 is 0 Å². The maximum Gasteiger partial charge on any atom is 0.337 e. The molecule has 1 aromatic heterocycles. The Bertz CT molecular complexity index is 303. The van der Waals surface area contributed by atoms with Crippen molar-refractivity contribution < 1.29 is 15.0 Å². The van der Waals surface area contributed by atoms with Crippen molar-refractivity contribution in [1.29, 1.82) is 0 Å². The molecule has 0 aromatic carbocycles. The lowest BCUT2D eigenvalue weighted by Crippen LogP contribution is -2.10. The van der Waals surface area contributed by atoms with Gasteiger partial charge in [0.15, 0.2) is 6.10 Å². The molecule has 1 atom stereocenters. The van der Waals surface area contributed by atoms with Crippen LogP contribution in [-0.4, -0.2) is 21.2 Å². The lowest BCUT2D eigenvalue weighted by molar-refractivity contribution is -0.147. The third kappa shape index (κ3) is 1.33. The van der Waals surface area contributed by atoms with Crippen molar-refractivity contribution in [3.05, 3.63) is 23.0 Å². The van der Waals surface area contributed by atoms with Gasteiger partial charge in [0.25, 0.3) is 0 Å². The van der Waals surface area contributed by atoms with E-state index in [0.717, 1.165) is 11.3 Å². The predicted molar refractivity (Wildman–Crippen MR) is 42.9 cm³/mol. The Morgan fingerprint density at radius 3 is 2.50 bits per heavy atom. The summed E-state index contributed by atoms with van der Waals surface area (Å²) >= 11 is 0. The second-order valence-corrected chi connectivity index (χ2v) is 2.73. The zero-order chi connectivity index (χ0) is 9.30. The molecule has 0 spiro atoms. The number of carboxylic acids is 1. The van der Waals surface area contributed by atoms with Crippen LogP contribution < -0.4 is 0 Å². The van der Waals surface area contributed by atoms with Crippen LogP contribution in [0.2, 0.25) is 0 Å². The lowest BCUT2D eigenvalue weighted by atomic mass is 10.1. The van der Waals surface area contributed by atoms with Gasteiger partial charge in [-0.05, 0) is 19.4 Å². The van der Waals surface area contributed by atoms with Crippen molar-refractivity contribution in [2.24, 2.45) is 0 Å². The van der Waals surface area contributed by atoms with Crippen LogP contribution in [0.25, 0.3) is 0 Å². The summed E-state index contributed by atoms with van der Waals surface area (Å²) in [4.78, 5) is 13.2. The zero-order valence-corrected chi connectivity index (χ0v) is 6.96. The monoisotopic (exact) mass is 169 g/mol. The van der Waals surface area contributed by atoms with Gasteiger partial charge < -0.3 is 15.2 Å². The van der Waals surface area contributed by atoms with Crippen molar-refractivity contribution in [3.63, 3.8) is 0 Å². The summed E-state index contributed by atoms with van der Waals surface area (Å²) in [6.45, 7) is 3.60. The summed E-state index contributed by atoms with van der Waals surface area (Å²) < 4.78 is 0. The number of carboxylic acid groups (broad SMARTS) is 1. The molecule has 12 heavy (non-hydrogen) atoms. The Balaban J connectivity index is 3.03. The summed E-state index contributed by atoms with van der Waals surface area (Å²) in [5, 5.41) is 17.7. The van der Waals surface area contributed by atoms with Gasteiger partial charge in [-0.1, -0.05) is 0 Å². The minimum atomic E-state index is -1.42. The van der Waals surface area contributed by atoms with Crippen LogP contribution in [0.1, 0.15) is 22.9 Å². The van der Waals surface area contributed by atoms with Crippen molar-refractivity contribution in [2.45, 2.75) is 20.0 Å². The van der Waals surface area contributed by atoms with Crippen molar-refractivity contribution in [1.82, 2.24) is 4.98 Å². The third-order valence-corrected chi connectivity index (χ3v) is 1.97. The summed E-state index contributed by atoms with van der Waals surface area (Å²) in [5.74, 6) is -1.22. The molecule has 1 rings (SSSR count). The lowest BCUT2D eigenvalue weighted by Gasteiger charge is -2.03. The molecule has 0 aliphatic rings. The van der Waals surface area contributed by atoms with Gasteiger partial charge in [0.05, 0.1) is 0 Å². The molecule has 0 aliphatic carbocycles. The molecule has 0 saturated heterocycles. The number of carbonyl (C=O) groups is 1. The van der Waals surface area contributed by atoms with E-state index in [1.54, 1.807) is 6.92 Å². The summed E-state index contributed by atoms with van der Waals surface area (Å²) in [7, 11) is 0. The molecule has 0 fully saturated rings. The number of aromatic nitrogens is 1. The Morgan fingerprint density at radius 2 is 2.17 bits per heavy atom. The average molecular weight is 169 g/mol. The molecule has 0 amide bonds. The van der Waals surface area contributed by atoms with E-state index in [9.17, 15) is 9.90 Å². The van der Waals surface area contributed by atoms with Crippen LogP contribution in [-0.2, 0) is 4.79 Å². The number of aromatic amines is 1. The van der Waals surface area contributed by atoms with E-state index in [1.807, 2.05) is 6.92 Å². The maximum atomic E-state index is 10.4. The maximum absolute atomic E-state index is 10.4. The first-order valence-electron chi connectivity index (χ1n) is 3.59. The van der Waals surface area contributed by atoms with E-state index < -0.39 is 12.1 Å². The second kappa shape index (κ2) is 2.98. The minimum absolute atomic E-state index is 0.431. The number of aliphatic hydroxyl groups excluding tert-OH is 1. The molecule has 3 N–H and O–H groups in total. The normalized spacial score (nSPS) is 12.9. The average Bonchev–Trinajstić information content (AvgIpc) is 2.32. The molecule has 1 aromatic rings. The van der Waals surface area contributed by atoms with E-state index in [-0.39, 0.29) is 0 Å². The molecule has 1 unspecified atom stereocenters. The highest BCUT2D eigenvalue weighted by Gasteiger charge is 2.19. The van der Waals surface area contributed by atoms with Gasteiger partial charge in [-0.25, -0.2) is 4.79 Å². The number of aliphatic hydroxyl groups is 1. The molecular formula is C8H11NO3. The standard InChI is InChI=1S/C8H11NO3/c1-4-5(2)9-3-6(4)7(10)8(11)12/h3,7,9-10H,1-2H3,(H,11,12). The highest BCUT2D eigenvalue weighted by molar-refractivity contribution is 5.74. The molecule has 0 saturated carbocycles. The van der Waals surface area contributed by atoms with Crippen LogP contribution in [0.5, 0.6) is 0 Å². The number of hydrogen-bond acceptors (Lipinski definition) is 2. The second-order valence-electron chi connectivity index (χ2n) is 2.73. The predicted octanol–water partition coefficient (Wildman–Crippen LogP) is 0.750. The van der Waals surface area contributed by atoms with E-state index in [0.29, 0.717) is 5.56 Å².